The Labute approximate surface area is 270 Å². The molecule has 244 valence electrons. The van der Waals surface area contributed by atoms with E-state index in [9.17, 15) is 15.0 Å². The lowest BCUT2D eigenvalue weighted by atomic mass is 9.43. The van der Waals surface area contributed by atoms with Crippen LogP contribution in [-0.2, 0) is 16.1 Å². The van der Waals surface area contributed by atoms with Gasteiger partial charge in [0, 0.05) is 23.9 Å². The van der Waals surface area contributed by atoms with E-state index >= 15 is 0 Å². The smallest absolute Gasteiger partial charge is 0.338 e. The Kier molecular flexibility index (Phi) is 9.36. The van der Waals surface area contributed by atoms with Gasteiger partial charge in [-0.2, -0.15) is 0 Å². The molecule has 3 fully saturated rings. The highest BCUT2D eigenvalue weighted by molar-refractivity contribution is 5.89. The van der Waals surface area contributed by atoms with Gasteiger partial charge in [-0.25, -0.2) is 4.79 Å². The minimum absolute atomic E-state index is 0.116. The molecule has 2 N–H and O–H groups in total. The Bertz CT molecular complexity index is 1340. The second-order valence-electron chi connectivity index (χ2n) is 15.5. The monoisotopic (exact) mass is 614 g/mol. The first-order chi connectivity index (χ1) is 21.6. The van der Waals surface area contributed by atoms with E-state index in [1.54, 1.807) is 12.1 Å². The quantitative estimate of drug-likeness (QED) is 0.210. The average molecular weight is 615 g/mol. The summed E-state index contributed by atoms with van der Waals surface area (Å²) in [6.07, 6.45) is 9.51. The van der Waals surface area contributed by atoms with Crippen molar-refractivity contribution in [1.82, 2.24) is 0 Å². The van der Waals surface area contributed by atoms with Crippen LogP contribution in [0.3, 0.4) is 0 Å². The Hall–Kier alpha value is -2.47. The van der Waals surface area contributed by atoms with Gasteiger partial charge >= 0.3 is 5.97 Å². The van der Waals surface area contributed by atoms with E-state index in [-0.39, 0.29) is 23.9 Å². The third-order valence-corrected chi connectivity index (χ3v) is 13.2. The molecule has 0 amide bonds. The van der Waals surface area contributed by atoms with Crippen molar-refractivity contribution in [1.29, 1.82) is 0 Å². The third kappa shape index (κ3) is 5.72. The lowest BCUT2D eigenvalue weighted by Gasteiger charge is -2.63. The maximum atomic E-state index is 13.4. The van der Waals surface area contributed by atoms with Gasteiger partial charge in [0.15, 0.2) is 0 Å². The van der Waals surface area contributed by atoms with Crippen molar-refractivity contribution in [3.63, 3.8) is 0 Å². The van der Waals surface area contributed by atoms with Gasteiger partial charge in [0.1, 0.15) is 6.10 Å². The second kappa shape index (κ2) is 13.0. The van der Waals surface area contributed by atoms with E-state index in [0.29, 0.717) is 48.9 Å². The van der Waals surface area contributed by atoms with Crippen LogP contribution in [0.1, 0.15) is 95.0 Å². The number of esters is 1. The summed E-state index contributed by atoms with van der Waals surface area (Å²) >= 11 is 0. The Balaban J connectivity index is 1.30. The van der Waals surface area contributed by atoms with Gasteiger partial charge in [-0.1, -0.05) is 87.9 Å². The zero-order valence-electron chi connectivity index (χ0n) is 27.8. The molecule has 0 aliphatic heterocycles. The van der Waals surface area contributed by atoms with Crippen molar-refractivity contribution in [3.05, 3.63) is 83.4 Å². The summed E-state index contributed by atoms with van der Waals surface area (Å²) in [5, 5.41) is 21.6. The summed E-state index contributed by atoms with van der Waals surface area (Å²) in [4.78, 5) is 13.4. The van der Waals surface area contributed by atoms with Crippen LogP contribution in [0.2, 0.25) is 0 Å². The van der Waals surface area contributed by atoms with Crippen molar-refractivity contribution in [2.24, 2.45) is 45.8 Å². The van der Waals surface area contributed by atoms with Crippen molar-refractivity contribution in [2.75, 3.05) is 13.2 Å². The number of rotatable bonds is 10. The van der Waals surface area contributed by atoms with E-state index in [2.05, 4.69) is 45.9 Å². The van der Waals surface area contributed by atoms with E-state index < -0.39 is 23.0 Å². The van der Waals surface area contributed by atoms with Gasteiger partial charge < -0.3 is 19.7 Å². The fourth-order valence-corrected chi connectivity index (χ4v) is 10.8. The summed E-state index contributed by atoms with van der Waals surface area (Å²) in [6.45, 7) is 10.7. The molecule has 10 atom stereocenters. The molecular weight excluding hydrogens is 560 g/mol. The summed E-state index contributed by atoms with van der Waals surface area (Å²) in [5.41, 5.74) is 2.53. The number of ether oxygens (including phenoxy) is 2. The molecule has 4 aliphatic rings. The molecule has 2 aromatic carbocycles. The van der Waals surface area contributed by atoms with Gasteiger partial charge in [-0.05, 0) is 97.6 Å². The molecule has 45 heavy (non-hydrogen) atoms. The number of hydrogen-bond donors (Lipinski definition) is 2. The molecule has 0 aromatic heterocycles. The standard InChI is InChI=1S/C40H54O5/c1-27(12-11-23-41)31-18-19-32-30-17-20-34-39(3,26-44-25-28-13-7-5-8-14-28)36(45-37(43)29-15-9-6-10-16-29)24-35(42)40(34,4)33(30)21-22-38(31,32)2/h5-10,13-16,21,27,30-32,34-36,41-42H,11-12,17-20,22-26H2,1-4H3/t27-,30+,31-,32+,34+,35-,36+,38-,39+,40-/m1/s1. The predicted octanol–water partition coefficient (Wildman–Crippen LogP) is 8.00. The van der Waals surface area contributed by atoms with Crippen LogP contribution in [0.25, 0.3) is 0 Å². The predicted molar refractivity (Wildman–Crippen MR) is 177 cm³/mol. The fourth-order valence-electron chi connectivity index (χ4n) is 10.8. The molecule has 0 bridgehead atoms. The van der Waals surface area contributed by atoms with Crippen LogP contribution >= 0.6 is 0 Å². The highest BCUT2D eigenvalue weighted by atomic mass is 16.5. The van der Waals surface area contributed by atoms with E-state index in [0.717, 1.165) is 37.7 Å². The zero-order valence-corrected chi connectivity index (χ0v) is 27.8. The van der Waals surface area contributed by atoms with E-state index in [4.69, 9.17) is 9.47 Å². The van der Waals surface area contributed by atoms with Gasteiger partial charge in [-0.15, -0.1) is 0 Å². The molecule has 3 saturated carbocycles. The van der Waals surface area contributed by atoms with Crippen LogP contribution in [0.5, 0.6) is 0 Å². The highest BCUT2D eigenvalue weighted by Crippen LogP contribution is 2.69. The van der Waals surface area contributed by atoms with Gasteiger partial charge in [0.2, 0.25) is 0 Å². The number of allylic oxidation sites excluding steroid dienone is 1. The van der Waals surface area contributed by atoms with Crippen LogP contribution in [-0.4, -0.2) is 41.6 Å². The molecule has 0 spiro atoms. The average Bonchev–Trinajstić information content (AvgIpc) is 3.41. The maximum Gasteiger partial charge on any atom is 0.338 e. The van der Waals surface area contributed by atoms with Crippen LogP contribution in [0, 0.1) is 45.8 Å². The number of fused-ring (bicyclic) bond motifs is 5. The zero-order chi connectivity index (χ0) is 31.8. The molecule has 0 saturated heterocycles. The highest BCUT2D eigenvalue weighted by Gasteiger charge is 2.65. The summed E-state index contributed by atoms with van der Waals surface area (Å²) < 4.78 is 12.8. The van der Waals surface area contributed by atoms with E-state index in [1.165, 1.54) is 18.4 Å². The van der Waals surface area contributed by atoms with E-state index in [1.807, 2.05) is 36.4 Å². The van der Waals surface area contributed by atoms with Crippen molar-refractivity contribution in [3.8, 4) is 0 Å². The van der Waals surface area contributed by atoms with Gasteiger partial charge in [0.05, 0.1) is 24.9 Å². The lowest BCUT2D eigenvalue weighted by molar-refractivity contribution is -0.191. The fraction of sp³-hybridized carbons (Fsp3) is 0.625. The molecule has 0 unspecified atom stereocenters. The topological polar surface area (TPSA) is 76.0 Å². The third-order valence-electron chi connectivity index (χ3n) is 13.2. The minimum atomic E-state index is -0.600. The van der Waals surface area contributed by atoms with Crippen molar-refractivity contribution >= 4 is 5.97 Å². The molecule has 4 aliphatic carbocycles. The largest absolute Gasteiger partial charge is 0.458 e. The Morgan fingerprint density at radius 1 is 0.978 bits per heavy atom. The summed E-state index contributed by atoms with van der Waals surface area (Å²) in [5.74, 6) is 2.17. The van der Waals surface area contributed by atoms with Crippen LogP contribution in [0.4, 0.5) is 0 Å². The Morgan fingerprint density at radius 2 is 1.69 bits per heavy atom. The summed E-state index contributed by atoms with van der Waals surface area (Å²) in [7, 11) is 0. The maximum absolute atomic E-state index is 13.4. The number of carbonyl (C=O) groups is 1. The first-order valence-corrected chi connectivity index (χ1v) is 17.5. The summed E-state index contributed by atoms with van der Waals surface area (Å²) in [6, 6.07) is 19.5. The normalized spacial score (nSPS) is 38.0. The van der Waals surface area contributed by atoms with Crippen molar-refractivity contribution < 1.29 is 24.5 Å². The van der Waals surface area contributed by atoms with Crippen LogP contribution in [0.15, 0.2) is 72.3 Å². The number of benzene rings is 2. The number of aliphatic hydroxyl groups is 2. The SMILES string of the molecule is C[C@H](CCCO)[C@H]1CC[C@H]2[C@@H]3CC[C@H]4[C@](C)(COCc5ccccc5)[C@@H](OC(=O)c5ccccc5)C[C@@H](O)[C@]4(C)C3=CC[C@]12C. The number of aliphatic hydroxyl groups excluding tert-OH is 2. The lowest BCUT2D eigenvalue weighted by Crippen LogP contribution is -2.64. The Morgan fingerprint density at radius 3 is 2.40 bits per heavy atom. The first kappa shape index (κ1) is 32.5. The minimum Gasteiger partial charge on any atom is -0.458 e. The first-order valence-electron chi connectivity index (χ1n) is 17.5. The molecule has 5 heteroatoms. The molecule has 5 nitrogen and oxygen atoms in total. The molecular formula is C40H54O5. The van der Waals surface area contributed by atoms with Gasteiger partial charge in [-0.3, -0.25) is 0 Å². The molecule has 0 heterocycles. The van der Waals surface area contributed by atoms with Gasteiger partial charge in [0.25, 0.3) is 0 Å². The number of hydrogen-bond acceptors (Lipinski definition) is 5. The molecule has 2 aromatic rings. The number of carbonyl (C=O) groups excluding carboxylic acids is 1. The second-order valence-corrected chi connectivity index (χ2v) is 15.5. The van der Waals surface area contributed by atoms with Crippen LogP contribution < -0.4 is 0 Å². The molecule has 0 radical (unpaired) electrons. The van der Waals surface area contributed by atoms with Crippen molar-refractivity contribution in [2.45, 2.75) is 97.9 Å². The molecule has 6 rings (SSSR count).